The third kappa shape index (κ3) is 4.47. The van der Waals surface area contributed by atoms with E-state index >= 15 is 0 Å². The Morgan fingerprint density at radius 2 is 1.79 bits per heavy atom. The summed E-state index contributed by atoms with van der Waals surface area (Å²) >= 11 is 0. The zero-order valence-electron chi connectivity index (χ0n) is 14.7. The number of rotatable bonds is 6. The number of nitrogens with one attached hydrogen (secondary N) is 2. The molecule has 2 aromatic carbocycles. The smallest absolute Gasteiger partial charge is 0.264 e. The van der Waals surface area contributed by atoms with Gasteiger partial charge in [-0.15, -0.1) is 0 Å². The molecule has 1 amide bonds. The quantitative estimate of drug-likeness (QED) is 0.496. The Bertz CT molecular complexity index is 943. The molecule has 0 radical (unpaired) electrons. The molecule has 0 bridgehead atoms. The van der Waals surface area contributed by atoms with Gasteiger partial charge in [0.25, 0.3) is 5.91 Å². The molecule has 0 aliphatic carbocycles. The number of benzene rings is 2. The van der Waals surface area contributed by atoms with Crippen molar-refractivity contribution in [1.82, 2.24) is 10.2 Å². The van der Waals surface area contributed by atoms with Crippen LogP contribution in [-0.4, -0.2) is 38.3 Å². The van der Waals surface area contributed by atoms with Crippen molar-refractivity contribution in [3.05, 3.63) is 54.3 Å². The second kappa shape index (κ2) is 8.23. The van der Waals surface area contributed by atoms with Crippen LogP contribution < -0.4 is 14.9 Å². The maximum absolute atomic E-state index is 13.0. The Balaban J connectivity index is 1.84. The standard InChI is InChI=1S/C18H19FN2O6S/c19-13-4-6-14(7-5-13)27-15-2-1-3-16(12-15)28(24,25)21-18(17(22)20-23)8-10-26-11-9-18/h1-7,12,21,23H,8-11H2,(H,20,22). The zero-order valence-corrected chi connectivity index (χ0v) is 15.5. The molecule has 28 heavy (non-hydrogen) atoms. The summed E-state index contributed by atoms with van der Waals surface area (Å²) < 4.78 is 51.8. The summed E-state index contributed by atoms with van der Waals surface area (Å²) in [4.78, 5) is 12.0. The number of carbonyl (C=O) groups excluding carboxylic acids is 1. The topological polar surface area (TPSA) is 114 Å². The molecule has 1 fully saturated rings. The molecule has 0 unspecified atom stereocenters. The van der Waals surface area contributed by atoms with Gasteiger partial charge in [-0.25, -0.2) is 18.3 Å². The number of amides is 1. The van der Waals surface area contributed by atoms with Crippen LogP contribution in [-0.2, 0) is 19.6 Å². The van der Waals surface area contributed by atoms with Crippen molar-refractivity contribution in [2.24, 2.45) is 0 Å². The minimum absolute atomic E-state index is 0.0738. The Morgan fingerprint density at radius 3 is 2.43 bits per heavy atom. The molecule has 1 aliphatic heterocycles. The Hall–Kier alpha value is -2.53. The summed E-state index contributed by atoms with van der Waals surface area (Å²) in [7, 11) is -4.11. The molecule has 3 rings (SSSR count). The van der Waals surface area contributed by atoms with Gasteiger partial charge in [-0.2, -0.15) is 4.72 Å². The third-order valence-corrected chi connectivity index (χ3v) is 5.91. The molecule has 150 valence electrons. The van der Waals surface area contributed by atoms with E-state index in [-0.39, 0.29) is 36.7 Å². The van der Waals surface area contributed by atoms with Crippen LogP contribution in [0.2, 0.25) is 0 Å². The maximum atomic E-state index is 13.0. The number of hydroxylamine groups is 1. The highest BCUT2D eigenvalue weighted by Crippen LogP contribution is 2.27. The SMILES string of the molecule is O=C(NO)C1(NS(=O)(=O)c2cccc(Oc3ccc(F)cc3)c2)CCOCC1. The van der Waals surface area contributed by atoms with Gasteiger partial charge in [0.05, 0.1) is 4.90 Å². The van der Waals surface area contributed by atoms with Crippen LogP contribution in [0.1, 0.15) is 12.8 Å². The summed E-state index contributed by atoms with van der Waals surface area (Å²) in [5, 5.41) is 9.03. The lowest BCUT2D eigenvalue weighted by Gasteiger charge is -2.35. The van der Waals surface area contributed by atoms with Crippen molar-refractivity contribution in [2.45, 2.75) is 23.3 Å². The van der Waals surface area contributed by atoms with Crippen LogP contribution in [0.4, 0.5) is 4.39 Å². The van der Waals surface area contributed by atoms with Gasteiger partial charge in [-0.3, -0.25) is 10.0 Å². The van der Waals surface area contributed by atoms with Crippen molar-refractivity contribution in [3.8, 4) is 11.5 Å². The fourth-order valence-corrected chi connectivity index (χ4v) is 4.32. The first-order valence-electron chi connectivity index (χ1n) is 8.44. The lowest BCUT2D eigenvalue weighted by molar-refractivity contribution is -0.139. The maximum Gasteiger partial charge on any atom is 0.264 e. The predicted octanol–water partition coefficient (Wildman–Crippen LogP) is 1.95. The van der Waals surface area contributed by atoms with Crippen LogP contribution in [0, 0.1) is 5.82 Å². The van der Waals surface area contributed by atoms with Crippen molar-refractivity contribution >= 4 is 15.9 Å². The van der Waals surface area contributed by atoms with E-state index in [0.717, 1.165) is 0 Å². The third-order valence-electron chi connectivity index (χ3n) is 4.38. The van der Waals surface area contributed by atoms with Crippen LogP contribution in [0.5, 0.6) is 11.5 Å². The van der Waals surface area contributed by atoms with E-state index in [2.05, 4.69) is 4.72 Å². The van der Waals surface area contributed by atoms with Gasteiger partial charge in [0.1, 0.15) is 22.9 Å². The van der Waals surface area contributed by atoms with Gasteiger partial charge >= 0.3 is 0 Å². The molecule has 2 aromatic rings. The average Bonchev–Trinajstić information content (AvgIpc) is 2.69. The molecular weight excluding hydrogens is 391 g/mol. The van der Waals surface area contributed by atoms with Crippen LogP contribution in [0.25, 0.3) is 0 Å². The van der Waals surface area contributed by atoms with E-state index < -0.39 is 27.3 Å². The summed E-state index contributed by atoms with van der Waals surface area (Å²) in [6, 6.07) is 10.9. The number of ether oxygens (including phenoxy) is 2. The number of sulfonamides is 1. The van der Waals surface area contributed by atoms with Crippen molar-refractivity contribution < 1.29 is 32.3 Å². The van der Waals surface area contributed by atoms with Gasteiger partial charge in [0, 0.05) is 19.3 Å². The zero-order chi connectivity index (χ0) is 20.2. The van der Waals surface area contributed by atoms with Crippen molar-refractivity contribution in [1.29, 1.82) is 0 Å². The normalized spacial score (nSPS) is 16.4. The molecule has 3 N–H and O–H groups in total. The highest BCUT2D eigenvalue weighted by molar-refractivity contribution is 7.89. The molecule has 0 spiro atoms. The van der Waals surface area contributed by atoms with Gasteiger partial charge < -0.3 is 9.47 Å². The molecular formula is C18H19FN2O6S. The van der Waals surface area contributed by atoms with E-state index in [9.17, 15) is 17.6 Å². The fourth-order valence-electron chi connectivity index (χ4n) is 2.86. The van der Waals surface area contributed by atoms with Crippen LogP contribution >= 0.6 is 0 Å². The lowest BCUT2D eigenvalue weighted by atomic mass is 9.91. The predicted molar refractivity (Wildman–Crippen MR) is 96.0 cm³/mol. The van der Waals surface area contributed by atoms with Crippen molar-refractivity contribution in [3.63, 3.8) is 0 Å². The van der Waals surface area contributed by atoms with E-state index in [1.807, 2.05) is 0 Å². The second-order valence-electron chi connectivity index (χ2n) is 6.27. The Labute approximate surface area is 161 Å². The second-order valence-corrected chi connectivity index (χ2v) is 7.95. The minimum atomic E-state index is -4.11. The first kappa shape index (κ1) is 20.2. The minimum Gasteiger partial charge on any atom is -0.457 e. The molecule has 1 heterocycles. The van der Waals surface area contributed by atoms with Crippen LogP contribution in [0.3, 0.4) is 0 Å². The molecule has 10 heteroatoms. The van der Waals surface area contributed by atoms with E-state index in [4.69, 9.17) is 14.7 Å². The van der Waals surface area contributed by atoms with Gasteiger partial charge in [0.2, 0.25) is 10.0 Å². The summed E-state index contributed by atoms with van der Waals surface area (Å²) in [6.07, 6.45) is 0.148. The number of hydrogen-bond acceptors (Lipinski definition) is 6. The molecule has 0 saturated carbocycles. The monoisotopic (exact) mass is 410 g/mol. The van der Waals surface area contributed by atoms with Crippen LogP contribution in [0.15, 0.2) is 53.4 Å². The van der Waals surface area contributed by atoms with Crippen molar-refractivity contribution in [2.75, 3.05) is 13.2 Å². The number of hydrogen-bond donors (Lipinski definition) is 3. The van der Waals surface area contributed by atoms with E-state index in [1.165, 1.54) is 47.9 Å². The Kier molecular flexibility index (Phi) is 5.94. The van der Waals surface area contributed by atoms with Gasteiger partial charge in [-0.1, -0.05) is 6.07 Å². The van der Waals surface area contributed by atoms with Gasteiger partial charge in [0.15, 0.2) is 0 Å². The highest BCUT2D eigenvalue weighted by atomic mass is 32.2. The van der Waals surface area contributed by atoms with Gasteiger partial charge in [-0.05, 0) is 49.2 Å². The molecule has 0 aromatic heterocycles. The summed E-state index contributed by atoms with van der Waals surface area (Å²) in [5.41, 5.74) is 0.00717. The molecule has 1 aliphatic rings. The van der Waals surface area contributed by atoms with E-state index in [1.54, 1.807) is 6.07 Å². The molecule has 8 nitrogen and oxygen atoms in total. The molecule has 0 atom stereocenters. The number of halogens is 1. The Morgan fingerprint density at radius 1 is 1.11 bits per heavy atom. The summed E-state index contributed by atoms with van der Waals surface area (Å²) in [6.45, 7) is 0.341. The fraction of sp³-hybridized carbons (Fsp3) is 0.278. The first-order chi connectivity index (χ1) is 13.3. The average molecular weight is 410 g/mol. The summed E-state index contributed by atoms with van der Waals surface area (Å²) in [5.74, 6) is -0.707. The highest BCUT2D eigenvalue weighted by Gasteiger charge is 2.43. The number of carbonyl (C=O) groups is 1. The first-order valence-corrected chi connectivity index (χ1v) is 9.93. The lowest BCUT2D eigenvalue weighted by Crippen LogP contribution is -2.60. The largest absolute Gasteiger partial charge is 0.457 e. The molecule has 1 saturated heterocycles. The van der Waals surface area contributed by atoms with E-state index in [0.29, 0.717) is 5.75 Å².